The van der Waals surface area contributed by atoms with E-state index < -0.39 is 5.67 Å². The van der Waals surface area contributed by atoms with Gasteiger partial charge in [0.15, 0.2) is 0 Å². The van der Waals surface area contributed by atoms with Gasteiger partial charge >= 0.3 is 0 Å². The Morgan fingerprint density at radius 2 is 1.93 bits per heavy atom. The zero-order valence-corrected chi connectivity index (χ0v) is 9.25. The summed E-state index contributed by atoms with van der Waals surface area (Å²) in [5.41, 5.74) is 0.375. The van der Waals surface area contributed by atoms with Crippen molar-refractivity contribution in [1.29, 1.82) is 0 Å². The van der Waals surface area contributed by atoms with E-state index >= 15 is 0 Å². The number of likely N-dealkylation sites (tertiary alicyclic amines) is 1. The summed E-state index contributed by atoms with van der Waals surface area (Å²) >= 11 is 0. The Bertz CT molecular complexity index is 304. The largest absolute Gasteiger partial charge is 0.293 e. The lowest BCUT2D eigenvalue weighted by molar-refractivity contribution is -0.0430. The molecule has 0 atom stereocenters. The Balaban J connectivity index is 1.81. The van der Waals surface area contributed by atoms with Crippen LogP contribution in [0.1, 0.15) is 25.3 Å². The highest BCUT2D eigenvalue weighted by molar-refractivity contribution is 5.15. The van der Waals surface area contributed by atoms with Gasteiger partial charge in [0.25, 0.3) is 0 Å². The molecule has 1 aromatic carbocycles. The van der Waals surface area contributed by atoms with Gasteiger partial charge in [0.1, 0.15) is 5.67 Å². The van der Waals surface area contributed by atoms with Gasteiger partial charge in [0, 0.05) is 19.6 Å². The van der Waals surface area contributed by atoms with Crippen LogP contribution in [0.5, 0.6) is 0 Å². The van der Waals surface area contributed by atoms with Crippen LogP contribution in [-0.4, -0.2) is 23.7 Å². The first-order chi connectivity index (χ1) is 7.22. The second-order valence-corrected chi connectivity index (χ2v) is 4.53. The van der Waals surface area contributed by atoms with Crippen LogP contribution in [0.3, 0.4) is 0 Å². The van der Waals surface area contributed by atoms with Crippen LogP contribution in [0, 0.1) is 0 Å². The second kappa shape index (κ2) is 4.31. The SMILES string of the molecule is CCCC1(F)CN(Cc2ccccc2)C1. The molecule has 1 aromatic rings. The molecular weight excluding hydrogens is 189 g/mol. The molecule has 2 heteroatoms. The Morgan fingerprint density at radius 3 is 2.53 bits per heavy atom. The van der Waals surface area contributed by atoms with Crippen molar-refractivity contribution >= 4 is 0 Å². The van der Waals surface area contributed by atoms with Crippen molar-refractivity contribution in [2.24, 2.45) is 0 Å². The topological polar surface area (TPSA) is 3.24 Å². The summed E-state index contributed by atoms with van der Waals surface area (Å²) in [6.07, 6.45) is 1.65. The molecule has 82 valence electrons. The van der Waals surface area contributed by atoms with Crippen molar-refractivity contribution in [3.63, 3.8) is 0 Å². The molecule has 1 aliphatic heterocycles. The van der Waals surface area contributed by atoms with Crippen molar-refractivity contribution in [3.8, 4) is 0 Å². The van der Waals surface area contributed by atoms with Gasteiger partial charge in [-0.05, 0) is 12.0 Å². The van der Waals surface area contributed by atoms with Crippen LogP contribution in [0.4, 0.5) is 4.39 Å². The summed E-state index contributed by atoms with van der Waals surface area (Å²) in [7, 11) is 0. The van der Waals surface area contributed by atoms with Crippen molar-refractivity contribution < 1.29 is 4.39 Å². The first kappa shape index (κ1) is 10.6. The minimum Gasteiger partial charge on any atom is -0.293 e. The summed E-state index contributed by atoms with van der Waals surface area (Å²) in [4.78, 5) is 2.17. The third-order valence-corrected chi connectivity index (χ3v) is 2.96. The number of rotatable bonds is 4. The molecule has 0 saturated carbocycles. The van der Waals surface area contributed by atoms with Crippen LogP contribution in [0.2, 0.25) is 0 Å². The van der Waals surface area contributed by atoms with E-state index in [9.17, 15) is 4.39 Å². The molecule has 1 fully saturated rings. The molecule has 1 heterocycles. The van der Waals surface area contributed by atoms with Gasteiger partial charge < -0.3 is 0 Å². The fourth-order valence-electron chi connectivity index (χ4n) is 2.31. The quantitative estimate of drug-likeness (QED) is 0.733. The van der Waals surface area contributed by atoms with Gasteiger partial charge in [0.05, 0.1) is 0 Å². The van der Waals surface area contributed by atoms with Gasteiger partial charge in [-0.2, -0.15) is 0 Å². The maximum absolute atomic E-state index is 13.8. The van der Waals surface area contributed by atoms with Crippen molar-refractivity contribution in [2.75, 3.05) is 13.1 Å². The van der Waals surface area contributed by atoms with E-state index in [1.165, 1.54) is 5.56 Å². The first-order valence-electron chi connectivity index (χ1n) is 5.67. The lowest BCUT2D eigenvalue weighted by Gasteiger charge is -2.44. The standard InChI is InChI=1S/C13H18FN/c1-2-8-13(14)10-15(11-13)9-12-6-4-3-5-7-12/h3-7H,2,8-11H2,1H3. The number of alkyl halides is 1. The van der Waals surface area contributed by atoms with Crippen LogP contribution in [0.25, 0.3) is 0 Å². The van der Waals surface area contributed by atoms with Gasteiger partial charge in [-0.15, -0.1) is 0 Å². The highest BCUT2D eigenvalue weighted by Gasteiger charge is 2.41. The molecule has 0 amide bonds. The monoisotopic (exact) mass is 207 g/mol. The molecule has 0 aliphatic carbocycles. The van der Waals surface area contributed by atoms with Gasteiger partial charge in [0.2, 0.25) is 0 Å². The van der Waals surface area contributed by atoms with E-state index in [1.807, 2.05) is 25.1 Å². The van der Waals surface area contributed by atoms with Crippen LogP contribution < -0.4 is 0 Å². The number of hydrogen-bond acceptors (Lipinski definition) is 1. The number of halogens is 1. The zero-order valence-electron chi connectivity index (χ0n) is 9.25. The zero-order chi connectivity index (χ0) is 10.7. The van der Waals surface area contributed by atoms with Crippen LogP contribution >= 0.6 is 0 Å². The Hall–Kier alpha value is -0.890. The minimum atomic E-state index is -0.899. The van der Waals surface area contributed by atoms with Gasteiger partial charge in [-0.3, -0.25) is 4.90 Å². The molecule has 1 nitrogen and oxygen atoms in total. The third-order valence-electron chi connectivity index (χ3n) is 2.96. The molecule has 0 radical (unpaired) electrons. The summed E-state index contributed by atoms with van der Waals surface area (Å²) in [6, 6.07) is 10.3. The van der Waals surface area contributed by atoms with E-state index in [2.05, 4.69) is 17.0 Å². The van der Waals surface area contributed by atoms with Crippen LogP contribution in [-0.2, 0) is 6.54 Å². The molecule has 15 heavy (non-hydrogen) atoms. The third kappa shape index (κ3) is 2.57. The smallest absolute Gasteiger partial charge is 0.136 e. The van der Waals surface area contributed by atoms with Crippen LogP contribution in [0.15, 0.2) is 30.3 Å². The normalized spacial score (nSPS) is 19.9. The maximum Gasteiger partial charge on any atom is 0.136 e. The number of nitrogens with zero attached hydrogens (tertiary/aromatic N) is 1. The first-order valence-corrected chi connectivity index (χ1v) is 5.67. The fraction of sp³-hybridized carbons (Fsp3) is 0.538. The lowest BCUT2D eigenvalue weighted by Crippen LogP contribution is -2.58. The summed E-state index contributed by atoms with van der Waals surface area (Å²) in [5.74, 6) is 0. The number of hydrogen-bond donors (Lipinski definition) is 0. The molecule has 2 rings (SSSR count). The highest BCUT2D eigenvalue weighted by Crippen LogP contribution is 2.31. The average molecular weight is 207 g/mol. The number of benzene rings is 1. The van der Waals surface area contributed by atoms with E-state index in [0.717, 1.165) is 13.0 Å². The molecule has 0 aromatic heterocycles. The maximum atomic E-state index is 13.8. The molecule has 0 N–H and O–H groups in total. The van der Waals surface area contributed by atoms with E-state index in [0.29, 0.717) is 19.5 Å². The Kier molecular flexibility index (Phi) is 3.06. The van der Waals surface area contributed by atoms with Crippen molar-refractivity contribution in [1.82, 2.24) is 4.90 Å². The molecule has 0 bridgehead atoms. The predicted molar refractivity (Wildman–Crippen MR) is 60.5 cm³/mol. The van der Waals surface area contributed by atoms with Gasteiger partial charge in [-0.25, -0.2) is 4.39 Å². The highest BCUT2D eigenvalue weighted by atomic mass is 19.1. The van der Waals surface area contributed by atoms with E-state index in [1.54, 1.807) is 0 Å². The van der Waals surface area contributed by atoms with Crippen molar-refractivity contribution in [2.45, 2.75) is 32.0 Å². The molecule has 1 saturated heterocycles. The summed E-state index contributed by atoms with van der Waals surface area (Å²) in [6.45, 7) is 4.14. The Labute approximate surface area is 90.9 Å². The second-order valence-electron chi connectivity index (χ2n) is 4.53. The Morgan fingerprint density at radius 1 is 1.27 bits per heavy atom. The molecular formula is C13H18FN. The minimum absolute atomic E-state index is 0.607. The van der Waals surface area contributed by atoms with Crippen molar-refractivity contribution in [3.05, 3.63) is 35.9 Å². The molecule has 0 spiro atoms. The van der Waals surface area contributed by atoms with Gasteiger partial charge in [-0.1, -0.05) is 43.7 Å². The van der Waals surface area contributed by atoms with E-state index in [4.69, 9.17) is 0 Å². The molecule has 0 unspecified atom stereocenters. The molecule has 1 aliphatic rings. The summed E-state index contributed by atoms with van der Waals surface area (Å²) < 4.78 is 13.8. The van der Waals surface area contributed by atoms with E-state index in [-0.39, 0.29) is 0 Å². The summed E-state index contributed by atoms with van der Waals surface area (Å²) in [5, 5.41) is 0. The predicted octanol–water partition coefficient (Wildman–Crippen LogP) is 3.01. The lowest BCUT2D eigenvalue weighted by atomic mass is 9.91. The average Bonchev–Trinajstić information content (AvgIpc) is 2.17. The fourth-order valence-corrected chi connectivity index (χ4v) is 2.31.